The van der Waals surface area contributed by atoms with Gasteiger partial charge in [0.05, 0.1) is 7.11 Å². The van der Waals surface area contributed by atoms with Gasteiger partial charge in [-0.3, -0.25) is 0 Å². The number of aromatic nitrogens is 4. The number of ether oxygens (including phenoxy) is 1. The van der Waals surface area contributed by atoms with E-state index in [2.05, 4.69) is 25.1 Å². The van der Waals surface area contributed by atoms with Crippen molar-refractivity contribution in [2.75, 3.05) is 7.11 Å². The van der Waals surface area contributed by atoms with Crippen LogP contribution in [0, 0.1) is 6.92 Å². The van der Waals surface area contributed by atoms with E-state index in [4.69, 9.17) is 4.42 Å². The molecule has 2 aromatic rings. The maximum Gasteiger partial charge on any atom is 0.361 e. The van der Waals surface area contributed by atoms with Crippen molar-refractivity contribution in [2.24, 2.45) is 0 Å². The zero-order valence-corrected chi connectivity index (χ0v) is 8.14. The molecular weight excluding hydrogens is 200 g/mol. The van der Waals surface area contributed by atoms with Gasteiger partial charge in [0.1, 0.15) is 17.7 Å². The second-order valence-corrected chi connectivity index (χ2v) is 2.76. The third kappa shape index (κ3) is 1.58. The Morgan fingerprint density at radius 2 is 2.33 bits per heavy atom. The minimum atomic E-state index is -0.570. The van der Waals surface area contributed by atoms with Crippen molar-refractivity contribution >= 4 is 5.97 Å². The van der Waals surface area contributed by atoms with Crippen LogP contribution in [-0.4, -0.2) is 33.5 Å². The molecule has 0 aromatic carbocycles. The summed E-state index contributed by atoms with van der Waals surface area (Å²) in [6, 6.07) is 0. The number of H-pyrrole nitrogens is 1. The lowest BCUT2D eigenvalue weighted by molar-refractivity contribution is 0.0595. The highest BCUT2D eigenvalue weighted by atomic mass is 16.5. The van der Waals surface area contributed by atoms with Gasteiger partial charge in [-0.1, -0.05) is 0 Å². The molecule has 7 heteroatoms. The van der Waals surface area contributed by atoms with Gasteiger partial charge < -0.3 is 9.15 Å². The van der Waals surface area contributed by atoms with Gasteiger partial charge in [0.15, 0.2) is 11.6 Å². The van der Waals surface area contributed by atoms with Crippen molar-refractivity contribution in [2.45, 2.75) is 6.92 Å². The predicted molar refractivity (Wildman–Crippen MR) is 48.0 cm³/mol. The van der Waals surface area contributed by atoms with Gasteiger partial charge in [-0.2, -0.15) is 10.3 Å². The summed E-state index contributed by atoms with van der Waals surface area (Å²) in [4.78, 5) is 15.3. The zero-order valence-electron chi connectivity index (χ0n) is 8.14. The Labute approximate surface area is 84.5 Å². The van der Waals surface area contributed by atoms with Gasteiger partial charge >= 0.3 is 5.97 Å². The maximum absolute atomic E-state index is 11.3. The lowest BCUT2D eigenvalue weighted by Crippen LogP contribution is -2.03. The molecule has 0 aliphatic carbocycles. The molecular formula is C8H8N4O3. The Morgan fingerprint density at radius 3 is 2.93 bits per heavy atom. The Kier molecular flexibility index (Phi) is 2.20. The first-order valence-corrected chi connectivity index (χ1v) is 4.14. The summed E-state index contributed by atoms with van der Waals surface area (Å²) in [7, 11) is 1.27. The lowest BCUT2D eigenvalue weighted by atomic mass is 10.2. The van der Waals surface area contributed by atoms with Crippen LogP contribution in [0.4, 0.5) is 0 Å². The van der Waals surface area contributed by atoms with E-state index in [1.807, 2.05) is 0 Å². The molecule has 0 fully saturated rings. The fourth-order valence-electron chi connectivity index (χ4n) is 1.12. The molecule has 2 rings (SSSR count). The standard InChI is InChI=1S/C8H8N4O3/c1-4-9-5(3-15-4)6-7(8(13)14-2)11-12-10-6/h3H,1-2H3,(H,10,11,12). The van der Waals surface area contributed by atoms with Crippen molar-refractivity contribution in [3.8, 4) is 11.4 Å². The highest BCUT2D eigenvalue weighted by molar-refractivity contribution is 5.93. The molecule has 78 valence electrons. The Balaban J connectivity index is 2.45. The number of rotatable bonds is 2. The van der Waals surface area contributed by atoms with Crippen LogP contribution >= 0.6 is 0 Å². The van der Waals surface area contributed by atoms with Crippen LogP contribution in [0.3, 0.4) is 0 Å². The van der Waals surface area contributed by atoms with Gasteiger partial charge in [-0.05, 0) is 0 Å². The monoisotopic (exact) mass is 208 g/mol. The molecule has 0 unspecified atom stereocenters. The molecule has 0 saturated carbocycles. The second-order valence-electron chi connectivity index (χ2n) is 2.76. The van der Waals surface area contributed by atoms with Crippen molar-refractivity contribution in [1.29, 1.82) is 0 Å². The van der Waals surface area contributed by atoms with Gasteiger partial charge in [-0.25, -0.2) is 9.78 Å². The number of aryl methyl sites for hydroxylation is 1. The fraction of sp³-hybridized carbons (Fsp3) is 0.250. The molecule has 0 aliphatic heterocycles. The number of methoxy groups -OCH3 is 1. The van der Waals surface area contributed by atoms with Gasteiger partial charge in [0, 0.05) is 6.92 Å². The quantitative estimate of drug-likeness (QED) is 0.724. The summed E-state index contributed by atoms with van der Waals surface area (Å²) in [5, 5.41) is 9.83. The van der Waals surface area contributed by atoms with Crippen molar-refractivity contribution in [3.63, 3.8) is 0 Å². The van der Waals surface area contributed by atoms with E-state index in [0.29, 0.717) is 17.3 Å². The molecule has 0 radical (unpaired) electrons. The molecule has 0 aliphatic rings. The smallest absolute Gasteiger partial charge is 0.361 e. The van der Waals surface area contributed by atoms with Crippen LogP contribution in [0.15, 0.2) is 10.7 Å². The summed E-state index contributed by atoms with van der Waals surface area (Å²) < 4.78 is 9.56. The normalized spacial score (nSPS) is 10.3. The van der Waals surface area contributed by atoms with Crippen molar-refractivity contribution in [3.05, 3.63) is 17.8 Å². The molecule has 0 bridgehead atoms. The summed E-state index contributed by atoms with van der Waals surface area (Å²) in [5.41, 5.74) is 0.853. The highest BCUT2D eigenvalue weighted by Gasteiger charge is 2.20. The molecule has 0 spiro atoms. The third-order valence-corrected chi connectivity index (χ3v) is 1.79. The number of carbonyl (C=O) groups is 1. The van der Waals surface area contributed by atoms with E-state index >= 15 is 0 Å². The predicted octanol–water partition coefficient (Wildman–Crippen LogP) is 0.555. The minimum absolute atomic E-state index is 0.0887. The average molecular weight is 208 g/mol. The zero-order chi connectivity index (χ0) is 10.8. The van der Waals surface area contributed by atoms with Crippen LogP contribution in [0.5, 0.6) is 0 Å². The largest absolute Gasteiger partial charge is 0.464 e. The number of esters is 1. The summed E-state index contributed by atoms with van der Waals surface area (Å²) in [6.45, 7) is 1.70. The summed E-state index contributed by atoms with van der Waals surface area (Å²) >= 11 is 0. The molecule has 0 amide bonds. The van der Waals surface area contributed by atoms with E-state index in [9.17, 15) is 4.79 Å². The van der Waals surface area contributed by atoms with Gasteiger partial charge in [0.25, 0.3) is 0 Å². The topological polar surface area (TPSA) is 93.9 Å². The Hall–Kier alpha value is -2.18. The fourth-order valence-corrected chi connectivity index (χ4v) is 1.12. The van der Waals surface area contributed by atoms with E-state index in [1.54, 1.807) is 6.92 Å². The SMILES string of the molecule is COC(=O)c1n[nH]nc1-c1coc(C)n1. The van der Waals surface area contributed by atoms with E-state index in [0.717, 1.165) is 0 Å². The highest BCUT2D eigenvalue weighted by Crippen LogP contribution is 2.18. The molecule has 2 heterocycles. The first kappa shape index (κ1) is 9.38. The Morgan fingerprint density at radius 1 is 1.53 bits per heavy atom. The van der Waals surface area contributed by atoms with Crippen molar-refractivity contribution in [1.82, 2.24) is 20.4 Å². The number of hydrogen-bond donors (Lipinski definition) is 1. The summed E-state index contributed by atoms with van der Waals surface area (Å²) in [6.07, 6.45) is 1.40. The minimum Gasteiger partial charge on any atom is -0.464 e. The van der Waals surface area contributed by atoms with Gasteiger partial charge in [0.2, 0.25) is 0 Å². The van der Waals surface area contributed by atoms with Crippen LogP contribution in [0.25, 0.3) is 11.4 Å². The number of carbonyl (C=O) groups excluding carboxylic acids is 1. The third-order valence-electron chi connectivity index (χ3n) is 1.79. The number of nitrogens with zero attached hydrogens (tertiary/aromatic N) is 3. The number of aromatic amines is 1. The van der Waals surface area contributed by atoms with Crippen LogP contribution in [-0.2, 0) is 4.74 Å². The summed E-state index contributed by atoms with van der Waals surface area (Å²) in [5.74, 6) is -0.0804. The molecule has 2 aromatic heterocycles. The molecule has 7 nitrogen and oxygen atoms in total. The second kappa shape index (κ2) is 3.52. The average Bonchev–Trinajstić information content (AvgIpc) is 2.84. The van der Waals surface area contributed by atoms with Crippen molar-refractivity contribution < 1.29 is 13.9 Å². The van der Waals surface area contributed by atoms with Crippen LogP contribution in [0.2, 0.25) is 0 Å². The van der Waals surface area contributed by atoms with Crippen LogP contribution < -0.4 is 0 Å². The Bertz CT molecular complexity index is 488. The van der Waals surface area contributed by atoms with Crippen LogP contribution in [0.1, 0.15) is 16.4 Å². The first-order valence-electron chi connectivity index (χ1n) is 4.14. The lowest BCUT2D eigenvalue weighted by Gasteiger charge is -1.94. The van der Waals surface area contributed by atoms with E-state index in [1.165, 1.54) is 13.4 Å². The number of hydrogen-bond acceptors (Lipinski definition) is 6. The molecule has 0 atom stereocenters. The maximum atomic E-state index is 11.3. The van der Waals surface area contributed by atoms with E-state index in [-0.39, 0.29) is 5.69 Å². The number of oxazole rings is 1. The molecule has 15 heavy (non-hydrogen) atoms. The number of nitrogens with one attached hydrogen (secondary N) is 1. The first-order chi connectivity index (χ1) is 7.22. The van der Waals surface area contributed by atoms with Gasteiger partial charge in [-0.15, -0.1) is 5.10 Å². The molecule has 1 N–H and O–H groups in total. The molecule has 0 saturated heterocycles. The van der Waals surface area contributed by atoms with E-state index < -0.39 is 5.97 Å².